The zero-order valence-corrected chi connectivity index (χ0v) is 13.1. The van der Waals surface area contributed by atoms with Gasteiger partial charge in [0.2, 0.25) is 0 Å². The van der Waals surface area contributed by atoms with E-state index in [1.165, 1.54) is 24.3 Å². The topological polar surface area (TPSA) is 134 Å². The van der Waals surface area contributed by atoms with E-state index < -0.39 is 23.9 Å². The highest BCUT2D eigenvalue weighted by atomic mass is 16.8. The van der Waals surface area contributed by atoms with E-state index in [-0.39, 0.29) is 11.1 Å². The van der Waals surface area contributed by atoms with Crippen molar-refractivity contribution in [2.24, 2.45) is 0 Å². The molecule has 0 unspecified atom stereocenters. The Labute approximate surface area is 137 Å². The van der Waals surface area contributed by atoms with Gasteiger partial charge in [-0.15, -0.1) is 0 Å². The quantitative estimate of drug-likeness (QED) is 0.326. The van der Waals surface area contributed by atoms with Crippen LogP contribution in [-0.2, 0) is 19.1 Å². The molecule has 0 aliphatic heterocycles. The van der Waals surface area contributed by atoms with Gasteiger partial charge in [0.1, 0.15) is 0 Å². The van der Waals surface area contributed by atoms with Crippen LogP contribution in [0.25, 0.3) is 11.1 Å². The Hall–Kier alpha value is -2.52. The summed E-state index contributed by atoms with van der Waals surface area (Å²) < 4.78 is 8.70. The van der Waals surface area contributed by atoms with Gasteiger partial charge in [-0.3, -0.25) is 0 Å². The minimum Gasteiger partial charge on any atom is -0.405 e. The van der Waals surface area contributed by atoms with Gasteiger partial charge in [0, 0.05) is 13.8 Å². The molecule has 8 nitrogen and oxygen atoms in total. The summed E-state index contributed by atoms with van der Waals surface area (Å²) in [6.07, 6.45) is 0. The van der Waals surface area contributed by atoms with Crippen molar-refractivity contribution in [3.05, 3.63) is 48.6 Å². The van der Waals surface area contributed by atoms with Crippen molar-refractivity contribution >= 4 is 23.1 Å². The maximum atomic E-state index is 11.7. The monoisotopic (exact) mass is 338 g/mol. The number of aliphatic hydroxyl groups is 4. The second-order valence-electron chi connectivity index (χ2n) is 5.18. The van der Waals surface area contributed by atoms with Crippen LogP contribution in [0.1, 0.15) is 25.0 Å². The first kappa shape index (κ1) is 19.5. The van der Waals surface area contributed by atoms with Crippen molar-refractivity contribution in [1.82, 2.24) is 0 Å². The highest BCUT2D eigenvalue weighted by molar-refractivity contribution is 6.17. The summed E-state index contributed by atoms with van der Waals surface area (Å²) >= 11 is 0. The minimum absolute atomic E-state index is 0.137. The van der Waals surface area contributed by atoms with Crippen molar-refractivity contribution < 1.29 is 39.5 Å². The van der Waals surface area contributed by atoms with Gasteiger partial charge in [0.15, 0.2) is 0 Å². The van der Waals surface area contributed by atoms with E-state index in [2.05, 4.69) is 22.6 Å². The molecule has 0 saturated heterocycles. The van der Waals surface area contributed by atoms with Gasteiger partial charge in [-0.1, -0.05) is 37.4 Å². The van der Waals surface area contributed by atoms with Crippen molar-refractivity contribution in [3.8, 4) is 0 Å². The molecule has 130 valence electrons. The molecular formula is C16H18O8. The Balaban J connectivity index is 2.86. The lowest BCUT2D eigenvalue weighted by atomic mass is 10.0. The van der Waals surface area contributed by atoms with E-state index in [0.717, 1.165) is 13.8 Å². The summed E-state index contributed by atoms with van der Waals surface area (Å²) in [6, 6.07) is 5.67. The maximum absolute atomic E-state index is 11.7. The smallest absolute Gasteiger partial charge is 0.342 e. The van der Waals surface area contributed by atoms with E-state index in [4.69, 9.17) is 20.4 Å². The van der Waals surface area contributed by atoms with Crippen LogP contribution in [0.4, 0.5) is 0 Å². The normalized spacial score (nSPS) is 11.6. The van der Waals surface area contributed by atoms with Gasteiger partial charge in [0.05, 0.1) is 11.1 Å². The Morgan fingerprint density at radius 1 is 0.792 bits per heavy atom. The van der Waals surface area contributed by atoms with Crippen LogP contribution < -0.4 is 0 Å². The molecule has 0 amide bonds. The van der Waals surface area contributed by atoms with Crippen LogP contribution in [0, 0.1) is 0 Å². The standard InChI is InChI=1S/C16H18O8/c1-9(13(17)23-15(3,19)20)11-5-7-12(8-6-11)10(2)14(18)24-16(4,21)22/h5-8,19-22H,1-2H2,3-4H3. The van der Waals surface area contributed by atoms with Crippen LogP contribution in [0.2, 0.25) is 0 Å². The number of esters is 2. The van der Waals surface area contributed by atoms with Gasteiger partial charge in [0.25, 0.3) is 0 Å². The van der Waals surface area contributed by atoms with Crippen molar-refractivity contribution in [2.45, 2.75) is 25.8 Å². The van der Waals surface area contributed by atoms with E-state index in [1.54, 1.807) is 0 Å². The van der Waals surface area contributed by atoms with Gasteiger partial charge in [-0.2, -0.15) is 0 Å². The van der Waals surface area contributed by atoms with Crippen LogP contribution in [0.3, 0.4) is 0 Å². The highest BCUT2D eigenvalue weighted by Crippen LogP contribution is 2.21. The number of hydrogen-bond donors (Lipinski definition) is 4. The molecule has 0 radical (unpaired) electrons. The fourth-order valence-electron chi connectivity index (χ4n) is 1.58. The molecule has 0 aromatic heterocycles. The van der Waals surface area contributed by atoms with Crippen molar-refractivity contribution in [1.29, 1.82) is 0 Å². The number of carbonyl (C=O) groups excluding carboxylic acids is 2. The van der Waals surface area contributed by atoms with Crippen molar-refractivity contribution in [2.75, 3.05) is 0 Å². The predicted molar refractivity (Wildman–Crippen MR) is 82.4 cm³/mol. The summed E-state index contributed by atoms with van der Waals surface area (Å²) in [7, 11) is 0. The lowest BCUT2D eigenvalue weighted by molar-refractivity contribution is -0.305. The number of hydrogen-bond acceptors (Lipinski definition) is 8. The average Bonchev–Trinajstić information content (AvgIpc) is 2.42. The molecule has 0 atom stereocenters. The molecule has 0 aliphatic rings. The lowest BCUT2D eigenvalue weighted by Crippen LogP contribution is -2.31. The molecular weight excluding hydrogens is 320 g/mol. The van der Waals surface area contributed by atoms with Crippen LogP contribution in [0.5, 0.6) is 0 Å². The first-order chi connectivity index (χ1) is 10.8. The van der Waals surface area contributed by atoms with Gasteiger partial charge >= 0.3 is 23.9 Å². The predicted octanol–water partition coefficient (Wildman–Crippen LogP) is 0.116. The molecule has 0 aliphatic carbocycles. The maximum Gasteiger partial charge on any atom is 0.342 e. The summed E-state index contributed by atoms with van der Waals surface area (Å²) in [4.78, 5) is 23.3. The van der Waals surface area contributed by atoms with Gasteiger partial charge < -0.3 is 29.9 Å². The van der Waals surface area contributed by atoms with Crippen LogP contribution in [0.15, 0.2) is 37.4 Å². The molecule has 1 aromatic carbocycles. The summed E-state index contributed by atoms with van der Waals surface area (Å²) in [5, 5.41) is 36.1. The fraction of sp³-hybridized carbons (Fsp3) is 0.250. The molecule has 0 bridgehead atoms. The third-order valence-electron chi connectivity index (χ3n) is 2.65. The third kappa shape index (κ3) is 5.94. The molecule has 1 rings (SSSR count). The number of ether oxygens (including phenoxy) is 2. The van der Waals surface area contributed by atoms with E-state index in [1.807, 2.05) is 0 Å². The number of carbonyl (C=O) groups is 2. The fourth-order valence-corrected chi connectivity index (χ4v) is 1.58. The minimum atomic E-state index is -2.63. The summed E-state index contributed by atoms with van der Waals surface area (Å²) in [6.45, 7) is 8.72. The van der Waals surface area contributed by atoms with Gasteiger partial charge in [-0.25, -0.2) is 9.59 Å². The van der Waals surface area contributed by atoms with E-state index >= 15 is 0 Å². The second kappa shape index (κ2) is 6.93. The summed E-state index contributed by atoms with van der Waals surface area (Å²) in [5.74, 6) is -7.33. The Morgan fingerprint density at radius 3 is 1.25 bits per heavy atom. The molecule has 1 aromatic rings. The Morgan fingerprint density at radius 2 is 1.04 bits per heavy atom. The van der Waals surface area contributed by atoms with Gasteiger partial charge in [-0.05, 0) is 11.1 Å². The lowest BCUT2D eigenvalue weighted by Gasteiger charge is -2.18. The average molecular weight is 338 g/mol. The molecule has 8 heteroatoms. The zero-order chi connectivity index (χ0) is 18.7. The van der Waals surface area contributed by atoms with E-state index in [9.17, 15) is 9.59 Å². The first-order valence-electron chi connectivity index (χ1n) is 6.65. The molecule has 0 fully saturated rings. The van der Waals surface area contributed by atoms with Crippen LogP contribution >= 0.6 is 0 Å². The van der Waals surface area contributed by atoms with Crippen LogP contribution in [-0.4, -0.2) is 44.3 Å². The van der Waals surface area contributed by atoms with E-state index in [0.29, 0.717) is 11.1 Å². The Bertz CT molecular complexity index is 600. The molecule has 0 saturated carbocycles. The zero-order valence-electron chi connectivity index (χ0n) is 13.1. The molecule has 0 heterocycles. The number of rotatable bonds is 6. The largest absolute Gasteiger partial charge is 0.405 e. The summed E-state index contributed by atoms with van der Waals surface area (Å²) in [5.41, 5.74) is 0.344. The first-order valence-corrected chi connectivity index (χ1v) is 6.65. The SMILES string of the molecule is C=C(C(=O)OC(C)(O)O)c1ccc(C(=C)C(=O)OC(C)(O)O)cc1. The highest BCUT2D eigenvalue weighted by Gasteiger charge is 2.25. The molecule has 24 heavy (non-hydrogen) atoms. The second-order valence-corrected chi connectivity index (χ2v) is 5.18. The number of benzene rings is 1. The molecule has 4 N–H and O–H groups in total. The van der Waals surface area contributed by atoms with Crippen molar-refractivity contribution in [3.63, 3.8) is 0 Å². The molecule has 0 spiro atoms. The Kier molecular flexibility index (Phi) is 5.64. The third-order valence-corrected chi connectivity index (χ3v) is 2.65.